The molecular formula is C6H10Cl3. The van der Waals surface area contributed by atoms with Crippen molar-refractivity contribution in [2.45, 2.75) is 17.7 Å². The molecule has 0 aliphatic rings. The van der Waals surface area contributed by atoms with Gasteiger partial charge < -0.3 is 0 Å². The number of halogens is 3. The molecule has 0 unspecified atom stereocenters. The smallest absolute Gasteiger partial charge is 0.0470 e. The molecule has 1 radical (unpaired) electrons. The minimum Gasteiger partial charge on any atom is -0.127 e. The van der Waals surface area contributed by atoms with Gasteiger partial charge in [-0.15, -0.1) is 34.8 Å². The molecule has 9 heavy (non-hydrogen) atoms. The second-order valence-electron chi connectivity index (χ2n) is 2.03. The zero-order chi connectivity index (χ0) is 7.33. The number of rotatable bonds is 4. The Morgan fingerprint density at radius 3 is 1.67 bits per heavy atom. The molecule has 0 nitrogen and oxygen atoms in total. The maximum atomic E-state index is 5.86. The summed E-state index contributed by atoms with van der Waals surface area (Å²) in [6.07, 6.45) is 1.42. The van der Waals surface area contributed by atoms with E-state index in [0.29, 0.717) is 24.6 Å². The minimum absolute atomic E-state index is 0.441. The van der Waals surface area contributed by atoms with Crippen LogP contribution in [0.4, 0.5) is 0 Å². The van der Waals surface area contributed by atoms with E-state index in [1.165, 1.54) is 0 Å². The average molecular weight is 189 g/mol. The van der Waals surface area contributed by atoms with Crippen LogP contribution >= 0.6 is 34.8 Å². The molecule has 0 N–H and O–H groups in total. The van der Waals surface area contributed by atoms with Gasteiger partial charge in [0.2, 0.25) is 0 Å². The fraction of sp³-hybridized carbons (Fsp3) is 0.833. The van der Waals surface area contributed by atoms with Gasteiger partial charge in [-0.05, 0) is 19.8 Å². The van der Waals surface area contributed by atoms with E-state index < -0.39 is 4.87 Å². The monoisotopic (exact) mass is 187 g/mol. The number of alkyl halides is 3. The zero-order valence-corrected chi connectivity index (χ0v) is 7.44. The second-order valence-corrected chi connectivity index (χ2v) is 3.59. The Labute approximate surface area is 71.5 Å². The molecule has 55 valence electrons. The first-order valence-corrected chi connectivity index (χ1v) is 4.23. The standard InChI is InChI=1S/C6H10Cl3/c1-6(9,2-4-7)3-5-8/h1-5H2. The van der Waals surface area contributed by atoms with Crippen molar-refractivity contribution in [1.29, 1.82) is 0 Å². The normalized spacial score (nSPS) is 12.0. The Balaban J connectivity index is 3.43. The molecule has 0 bridgehead atoms. The molecule has 0 spiro atoms. The molecule has 0 aromatic heterocycles. The van der Waals surface area contributed by atoms with Gasteiger partial charge in [-0.25, -0.2) is 0 Å². The van der Waals surface area contributed by atoms with E-state index in [2.05, 4.69) is 6.92 Å². The molecule has 0 aliphatic carbocycles. The van der Waals surface area contributed by atoms with Gasteiger partial charge in [-0.2, -0.15) is 0 Å². The second kappa shape index (κ2) is 4.65. The van der Waals surface area contributed by atoms with E-state index in [1.54, 1.807) is 0 Å². The summed E-state index contributed by atoms with van der Waals surface area (Å²) < 4.78 is 0. The van der Waals surface area contributed by atoms with Gasteiger partial charge >= 0.3 is 0 Å². The Morgan fingerprint density at radius 1 is 1.11 bits per heavy atom. The lowest BCUT2D eigenvalue weighted by Crippen LogP contribution is -2.17. The van der Waals surface area contributed by atoms with Crippen LogP contribution in [0.5, 0.6) is 0 Å². The fourth-order valence-electron chi connectivity index (χ4n) is 0.464. The lowest BCUT2D eigenvalue weighted by atomic mass is 10.1. The summed E-state index contributed by atoms with van der Waals surface area (Å²) in [4.78, 5) is -0.441. The summed E-state index contributed by atoms with van der Waals surface area (Å²) in [5.41, 5.74) is 0. The highest BCUT2D eigenvalue weighted by atomic mass is 35.5. The van der Waals surface area contributed by atoms with E-state index in [0.717, 1.165) is 0 Å². The highest BCUT2D eigenvalue weighted by molar-refractivity contribution is 6.26. The van der Waals surface area contributed by atoms with Crippen LogP contribution in [0.3, 0.4) is 0 Å². The van der Waals surface area contributed by atoms with Gasteiger partial charge in [0.25, 0.3) is 0 Å². The van der Waals surface area contributed by atoms with E-state index >= 15 is 0 Å². The van der Waals surface area contributed by atoms with Crippen LogP contribution in [0.1, 0.15) is 12.8 Å². The van der Waals surface area contributed by atoms with Crippen LogP contribution in [0, 0.1) is 6.92 Å². The Hall–Kier alpha value is 0.870. The Bertz CT molecular complexity index is 62.7. The molecular weight excluding hydrogens is 178 g/mol. The van der Waals surface area contributed by atoms with E-state index in [4.69, 9.17) is 34.8 Å². The van der Waals surface area contributed by atoms with Crippen LogP contribution in [-0.4, -0.2) is 16.6 Å². The molecule has 0 amide bonds. The third-order valence-electron chi connectivity index (χ3n) is 1.09. The van der Waals surface area contributed by atoms with Crippen molar-refractivity contribution in [2.24, 2.45) is 0 Å². The Morgan fingerprint density at radius 2 is 1.44 bits per heavy atom. The summed E-state index contributed by atoms with van der Waals surface area (Å²) >= 11 is 16.8. The van der Waals surface area contributed by atoms with Crippen LogP contribution in [0.15, 0.2) is 0 Å². The largest absolute Gasteiger partial charge is 0.127 e. The summed E-state index contributed by atoms with van der Waals surface area (Å²) in [6, 6.07) is 0. The molecule has 0 aliphatic heterocycles. The molecule has 0 fully saturated rings. The van der Waals surface area contributed by atoms with Crippen molar-refractivity contribution in [3.05, 3.63) is 6.92 Å². The molecule has 0 heterocycles. The van der Waals surface area contributed by atoms with E-state index in [1.807, 2.05) is 0 Å². The first-order chi connectivity index (χ1) is 4.12. The van der Waals surface area contributed by atoms with Gasteiger partial charge in [0.05, 0.1) is 0 Å². The van der Waals surface area contributed by atoms with E-state index in [-0.39, 0.29) is 0 Å². The van der Waals surface area contributed by atoms with Crippen molar-refractivity contribution >= 4 is 34.8 Å². The summed E-state index contributed by atoms with van der Waals surface area (Å²) in [5.74, 6) is 1.09. The van der Waals surface area contributed by atoms with Gasteiger partial charge in [0, 0.05) is 16.6 Å². The molecule has 0 rings (SSSR count). The van der Waals surface area contributed by atoms with E-state index in [9.17, 15) is 0 Å². The van der Waals surface area contributed by atoms with Crippen molar-refractivity contribution in [3.8, 4) is 0 Å². The highest BCUT2D eigenvalue weighted by Crippen LogP contribution is 2.23. The molecule has 0 saturated heterocycles. The molecule has 0 atom stereocenters. The van der Waals surface area contributed by atoms with Crippen LogP contribution < -0.4 is 0 Å². The van der Waals surface area contributed by atoms with Gasteiger partial charge in [-0.1, -0.05) is 0 Å². The van der Waals surface area contributed by atoms with Crippen LogP contribution in [0.2, 0.25) is 0 Å². The third-order valence-corrected chi connectivity index (χ3v) is 1.84. The molecule has 0 aromatic rings. The summed E-state index contributed by atoms with van der Waals surface area (Å²) in [5, 5.41) is 0. The predicted molar refractivity (Wildman–Crippen MR) is 44.6 cm³/mol. The number of hydrogen-bond donors (Lipinski definition) is 0. The van der Waals surface area contributed by atoms with Crippen LogP contribution in [-0.2, 0) is 0 Å². The lowest BCUT2D eigenvalue weighted by molar-refractivity contribution is 0.651. The highest BCUT2D eigenvalue weighted by Gasteiger charge is 2.18. The Kier molecular flexibility index (Phi) is 5.10. The zero-order valence-electron chi connectivity index (χ0n) is 5.17. The predicted octanol–water partition coefficient (Wildman–Crippen LogP) is 3.06. The summed E-state index contributed by atoms with van der Waals surface area (Å²) in [7, 11) is 0. The molecule has 0 saturated carbocycles. The fourth-order valence-corrected chi connectivity index (χ4v) is 1.57. The van der Waals surface area contributed by atoms with Crippen molar-refractivity contribution in [3.63, 3.8) is 0 Å². The quantitative estimate of drug-likeness (QED) is 0.595. The topological polar surface area (TPSA) is 0 Å². The lowest BCUT2D eigenvalue weighted by Gasteiger charge is -2.18. The summed E-state index contributed by atoms with van der Waals surface area (Å²) in [6.45, 7) is 3.75. The number of hydrogen-bond acceptors (Lipinski definition) is 0. The van der Waals surface area contributed by atoms with Crippen LogP contribution in [0.25, 0.3) is 0 Å². The first-order valence-electron chi connectivity index (χ1n) is 2.78. The molecule has 0 aromatic carbocycles. The van der Waals surface area contributed by atoms with Gasteiger partial charge in [-0.3, -0.25) is 0 Å². The van der Waals surface area contributed by atoms with Gasteiger partial charge in [0.1, 0.15) is 0 Å². The minimum atomic E-state index is -0.441. The molecule has 3 heteroatoms. The van der Waals surface area contributed by atoms with Crippen molar-refractivity contribution in [1.82, 2.24) is 0 Å². The SMILES string of the molecule is [CH2]C(Cl)(CCCl)CCCl. The maximum absolute atomic E-state index is 5.86. The van der Waals surface area contributed by atoms with Gasteiger partial charge in [0.15, 0.2) is 0 Å². The maximum Gasteiger partial charge on any atom is 0.0470 e. The average Bonchev–Trinajstić information content (AvgIpc) is 1.64. The third kappa shape index (κ3) is 5.32. The van der Waals surface area contributed by atoms with Crippen molar-refractivity contribution in [2.75, 3.05) is 11.8 Å². The first kappa shape index (κ1) is 9.87. The van der Waals surface area contributed by atoms with Crippen molar-refractivity contribution < 1.29 is 0 Å².